The molecular weight excluding hydrogens is 420 g/mol. The summed E-state index contributed by atoms with van der Waals surface area (Å²) in [6, 6.07) is 18.5. The number of fused-ring (bicyclic) bond motifs is 1. The number of aromatic amines is 1. The number of hydrogen-bond donors (Lipinski definition) is 3. The van der Waals surface area contributed by atoms with Gasteiger partial charge >= 0.3 is 0 Å². The van der Waals surface area contributed by atoms with Crippen LogP contribution >= 0.6 is 11.8 Å². The number of rotatable bonds is 7. The summed E-state index contributed by atoms with van der Waals surface area (Å²) < 4.78 is 0. The van der Waals surface area contributed by atoms with Crippen LogP contribution in [0, 0.1) is 0 Å². The van der Waals surface area contributed by atoms with Gasteiger partial charge in [-0.25, -0.2) is 4.98 Å². The SMILES string of the molecule is CCc1ccc(NC(=O)CSc2nc3c(c(=O)[nH]2)C[NH+]([C@@H](C)c2ccccc2)CC3)cc1. The summed E-state index contributed by atoms with van der Waals surface area (Å²) in [5.74, 6) is 0.0755. The van der Waals surface area contributed by atoms with Crippen molar-refractivity contribution < 1.29 is 9.69 Å². The van der Waals surface area contributed by atoms with E-state index in [0.29, 0.717) is 17.7 Å². The van der Waals surface area contributed by atoms with Crippen molar-refractivity contribution in [2.24, 2.45) is 0 Å². The molecule has 0 radical (unpaired) electrons. The summed E-state index contributed by atoms with van der Waals surface area (Å²) in [6.07, 6.45) is 1.72. The van der Waals surface area contributed by atoms with Crippen molar-refractivity contribution in [3.05, 3.63) is 87.3 Å². The number of carbonyl (C=O) groups excluding carboxylic acids is 1. The molecule has 0 bridgehead atoms. The molecule has 0 saturated carbocycles. The van der Waals surface area contributed by atoms with Crippen molar-refractivity contribution >= 4 is 23.4 Å². The van der Waals surface area contributed by atoms with E-state index < -0.39 is 0 Å². The Hall–Kier alpha value is -2.90. The van der Waals surface area contributed by atoms with Gasteiger partial charge in [0.15, 0.2) is 5.16 Å². The van der Waals surface area contributed by atoms with Crippen molar-refractivity contribution in [1.29, 1.82) is 0 Å². The van der Waals surface area contributed by atoms with E-state index in [0.717, 1.165) is 36.3 Å². The van der Waals surface area contributed by atoms with Crippen LogP contribution in [0.15, 0.2) is 64.5 Å². The van der Waals surface area contributed by atoms with Gasteiger partial charge in [-0.2, -0.15) is 0 Å². The van der Waals surface area contributed by atoms with Crippen LogP contribution in [0.4, 0.5) is 5.69 Å². The third-order valence-electron chi connectivity index (χ3n) is 6.06. The number of thioether (sulfide) groups is 1. The van der Waals surface area contributed by atoms with Gasteiger partial charge < -0.3 is 15.2 Å². The molecule has 0 saturated heterocycles. The minimum Gasteiger partial charge on any atom is -0.325 e. The van der Waals surface area contributed by atoms with Crippen LogP contribution < -0.4 is 15.8 Å². The molecule has 3 N–H and O–H groups in total. The van der Waals surface area contributed by atoms with Crippen molar-refractivity contribution in [3.8, 4) is 0 Å². The van der Waals surface area contributed by atoms with Gasteiger partial charge in [0.2, 0.25) is 5.91 Å². The number of quaternary nitrogens is 1. The summed E-state index contributed by atoms with van der Waals surface area (Å²) in [5, 5.41) is 3.40. The zero-order valence-corrected chi connectivity index (χ0v) is 19.3. The van der Waals surface area contributed by atoms with Crippen LogP contribution in [0.2, 0.25) is 0 Å². The van der Waals surface area contributed by atoms with Gasteiger partial charge in [-0.15, -0.1) is 0 Å². The number of anilines is 1. The van der Waals surface area contributed by atoms with Crippen LogP contribution in [0.5, 0.6) is 0 Å². The molecule has 2 atom stereocenters. The lowest BCUT2D eigenvalue weighted by Crippen LogP contribution is -3.11. The highest BCUT2D eigenvalue weighted by atomic mass is 32.2. The van der Waals surface area contributed by atoms with Gasteiger partial charge in [0.05, 0.1) is 23.6 Å². The highest BCUT2D eigenvalue weighted by molar-refractivity contribution is 7.99. The molecule has 2 heterocycles. The predicted octanol–water partition coefficient (Wildman–Crippen LogP) is 2.77. The Morgan fingerprint density at radius 3 is 2.66 bits per heavy atom. The monoisotopic (exact) mass is 449 g/mol. The number of carbonyl (C=O) groups is 1. The fourth-order valence-electron chi connectivity index (χ4n) is 4.08. The van der Waals surface area contributed by atoms with Gasteiger partial charge in [0.25, 0.3) is 5.56 Å². The van der Waals surface area contributed by atoms with E-state index in [9.17, 15) is 9.59 Å². The standard InChI is InChI=1S/C25H28N4O2S/c1-3-18-9-11-20(12-10-18)26-23(30)16-32-25-27-22-13-14-29(15-21(22)24(31)28-25)17(2)19-7-5-4-6-8-19/h4-12,17H,3,13-16H2,1-2H3,(H,26,30)(H,27,28,31)/p+1/t17-/m0/s1. The average Bonchev–Trinajstić information content (AvgIpc) is 2.83. The molecule has 0 spiro atoms. The number of hydrogen-bond acceptors (Lipinski definition) is 4. The van der Waals surface area contributed by atoms with Crippen LogP contribution in [-0.2, 0) is 24.2 Å². The molecule has 166 valence electrons. The molecule has 0 aliphatic carbocycles. The van der Waals surface area contributed by atoms with Crippen LogP contribution in [0.1, 0.15) is 42.3 Å². The topological polar surface area (TPSA) is 79.3 Å². The third-order valence-corrected chi connectivity index (χ3v) is 6.94. The number of aromatic nitrogens is 2. The molecule has 4 rings (SSSR count). The zero-order valence-electron chi connectivity index (χ0n) is 18.5. The second-order valence-electron chi connectivity index (χ2n) is 8.15. The van der Waals surface area contributed by atoms with E-state index >= 15 is 0 Å². The fraction of sp³-hybridized carbons (Fsp3) is 0.320. The number of nitrogens with zero attached hydrogens (tertiary/aromatic N) is 1. The second kappa shape index (κ2) is 10.1. The van der Waals surface area contributed by atoms with Gasteiger partial charge in [-0.3, -0.25) is 9.59 Å². The molecule has 0 fully saturated rings. The van der Waals surface area contributed by atoms with Crippen molar-refractivity contribution in [1.82, 2.24) is 9.97 Å². The number of benzene rings is 2. The number of amides is 1. The van der Waals surface area contributed by atoms with Gasteiger partial charge in [-0.1, -0.05) is 61.2 Å². The van der Waals surface area contributed by atoms with Crippen LogP contribution in [-0.4, -0.2) is 28.2 Å². The van der Waals surface area contributed by atoms with E-state index in [1.807, 2.05) is 30.3 Å². The molecule has 3 aromatic rings. The first-order valence-corrected chi connectivity index (χ1v) is 12.0. The Labute approximate surface area is 192 Å². The summed E-state index contributed by atoms with van der Waals surface area (Å²) in [6.45, 7) is 5.89. The average molecular weight is 450 g/mol. The summed E-state index contributed by atoms with van der Waals surface area (Å²) in [5.41, 5.74) is 4.81. The quantitative estimate of drug-likeness (QED) is 0.383. The van der Waals surface area contributed by atoms with E-state index in [2.05, 4.69) is 53.4 Å². The second-order valence-corrected chi connectivity index (χ2v) is 9.12. The van der Waals surface area contributed by atoms with E-state index in [4.69, 9.17) is 0 Å². The molecule has 1 aliphatic rings. The fourth-order valence-corrected chi connectivity index (χ4v) is 4.75. The summed E-state index contributed by atoms with van der Waals surface area (Å²) in [4.78, 5) is 34.0. The van der Waals surface area contributed by atoms with Gasteiger partial charge in [0.1, 0.15) is 12.6 Å². The molecule has 2 aromatic carbocycles. The first-order valence-electron chi connectivity index (χ1n) is 11.1. The molecular formula is C25H29N4O2S+. The number of aryl methyl sites for hydroxylation is 1. The molecule has 1 aromatic heterocycles. The Bertz CT molecular complexity index is 1130. The first-order chi connectivity index (χ1) is 15.5. The van der Waals surface area contributed by atoms with E-state index in [-0.39, 0.29) is 17.2 Å². The normalized spacial score (nSPS) is 16.2. The third kappa shape index (κ3) is 5.29. The van der Waals surface area contributed by atoms with Gasteiger partial charge in [-0.05, 0) is 31.0 Å². The van der Waals surface area contributed by atoms with Crippen molar-refractivity contribution in [3.63, 3.8) is 0 Å². The maximum Gasteiger partial charge on any atom is 0.260 e. The lowest BCUT2D eigenvalue weighted by atomic mass is 10.0. The summed E-state index contributed by atoms with van der Waals surface area (Å²) in [7, 11) is 0. The number of nitrogens with one attached hydrogen (secondary N) is 3. The predicted molar refractivity (Wildman–Crippen MR) is 128 cm³/mol. The maximum atomic E-state index is 12.8. The molecule has 1 aliphatic heterocycles. The van der Waals surface area contributed by atoms with Crippen LogP contribution in [0.25, 0.3) is 0 Å². The molecule has 32 heavy (non-hydrogen) atoms. The Morgan fingerprint density at radius 2 is 1.94 bits per heavy atom. The Kier molecular flexibility index (Phi) is 7.07. The Balaban J connectivity index is 1.37. The van der Waals surface area contributed by atoms with E-state index in [1.165, 1.54) is 27.8 Å². The van der Waals surface area contributed by atoms with Crippen molar-refractivity contribution in [2.75, 3.05) is 17.6 Å². The minimum absolute atomic E-state index is 0.0921. The van der Waals surface area contributed by atoms with E-state index in [1.54, 1.807) is 0 Å². The summed E-state index contributed by atoms with van der Waals surface area (Å²) >= 11 is 1.26. The smallest absolute Gasteiger partial charge is 0.260 e. The minimum atomic E-state index is -0.119. The molecule has 6 nitrogen and oxygen atoms in total. The molecule has 7 heteroatoms. The Morgan fingerprint density at radius 1 is 1.19 bits per heavy atom. The van der Waals surface area contributed by atoms with Crippen LogP contribution in [0.3, 0.4) is 0 Å². The first kappa shape index (κ1) is 22.3. The largest absolute Gasteiger partial charge is 0.325 e. The number of H-pyrrole nitrogens is 1. The van der Waals surface area contributed by atoms with Crippen molar-refractivity contribution in [2.45, 2.75) is 44.4 Å². The molecule has 1 amide bonds. The van der Waals surface area contributed by atoms with Gasteiger partial charge in [0, 0.05) is 17.7 Å². The lowest BCUT2D eigenvalue weighted by molar-refractivity contribution is -0.945. The zero-order chi connectivity index (χ0) is 22.5. The molecule has 1 unspecified atom stereocenters. The lowest BCUT2D eigenvalue weighted by Gasteiger charge is -2.30. The maximum absolute atomic E-state index is 12.8. The highest BCUT2D eigenvalue weighted by Gasteiger charge is 2.28. The highest BCUT2D eigenvalue weighted by Crippen LogP contribution is 2.17.